The second-order valence-electron chi connectivity index (χ2n) is 9.48. The van der Waals surface area contributed by atoms with Crippen LogP contribution >= 0.6 is 23.2 Å². The van der Waals surface area contributed by atoms with Crippen LogP contribution in [0.3, 0.4) is 0 Å². The van der Waals surface area contributed by atoms with Gasteiger partial charge in [0.1, 0.15) is 12.6 Å². The Labute approximate surface area is 256 Å². The molecule has 0 saturated carbocycles. The van der Waals surface area contributed by atoms with E-state index in [4.69, 9.17) is 23.2 Å². The van der Waals surface area contributed by atoms with E-state index in [1.807, 2.05) is 30.3 Å². The molecule has 0 fully saturated rings. The Hall–Kier alpha value is -3.85. The van der Waals surface area contributed by atoms with Crippen LogP contribution in [-0.2, 0) is 32.6 Å². The van der Waals surface area contributed by atoms with E-state index in [-0.39, 0.29) is 23.8 Å². The van der Waals surface area contributed by atoms with E-state index in [0.29, 0.717) is 27.8 Å². The molecule has 0 saturated heterocycles. The van der Waals surface area contributed by atoms with Gasteiger partial charge >= 0.3 is 0 Å². The number of hydrogen-bond donors (Lipinski definition) is 1. The average molecular weight is 625 g/mol. The van der Waals surface area contributed by atoms with Crippen molar-refractivity contribution in [2.24, 2.45) is 0 Å². The molecule has 0 aromatic heterocycles. The Bertz CT molecular complexity index is 1580. The van der Waals surface area contributed by atoms with Crippen molar-refractivity contribution in [1.82, 2.24) is 10.2 Å². The highest BCUT2D eigenvalue weighted by Crippen LogP contribution is 2.29. The highest BCUT2D eigenvalue weighted by atomic mass is 35.5. The van der Waals surface area contributed by atoms with Crippen LogP contribution in [0, 0.1) is 0 Å². The molecule has 4 rings (SSSR count). The minimum absolute atomic E-state index is 0.0342. The minimum atomic E-state index is -4.15. The number of sulfonamides is 1. The number of likely N-dealkylation sites (N-methyl/N-ethyl adjacent to an activating group) is 1. The Morgan fingerprint density at radius 1 is 0.786 bits per heavy atom. The number of carbonyl (C=O) groups excluding carboxylic acids is 2. The summed E-state index contributed by atoms with van der Waals surface area (Å²) >= 11 is 13.0. The maximum Gasteiger partial charge on any atom is 0.264 e. The molecule has 0 spiro atoms. The monoisotopic (exact) mass is 623 g/mol. The van der Waals surface area contributed by atoms with E-state index in [1.165, 1.54) is 17.0 Å². The first-order chi connectivity index (χ1) is 20.2. The number of nitrogens with zero attached hydrogens (tertiary/aromatic N) is 2. The molecular weight excluding hydrogens is 593 g/mol. The molecule has 4 aromatic carbocycles. The number of halogens is 2. The van der Waals surface area contributed by atoms with Gasteiger partial charge in [0.25, 0.3) is 10.0 Å². The van der Waals surface area contributed by atoms with Crippen molar-refractivity contribution in [1.29, 1.82) is 0 Å². The van der Waals surface area contributed by atoms with Gasteiger partial charge in [0.15, 0.2) is 0 Å². The second kappa shape index (κ2) is 14.4. The van der Waals surface area contributed by atoms with Gasteiger partial charge < -0.3 is 10.2 Å². The van der Waals surface area contributed by atoms with Gasteiger partial charge in [-0.25, -0.2) is 8.42 Å². The lowest BCUT2D eigenvalue weighted by atomic mass is 10.0. The van der Waals surface area contributed by atoms with Crippen molar-refractivity contribution in [2.45, 2.75) is 30.8 Å². The molecule has 10 heteroatoms. The molecule has 2 amide bonds. The number of nitrogens with one attached hydrogen (secondary N) is 1. The summed E-state index contributed by atoms with van der Waals surface area (Å²) in [6, 6.07) is 29.6. The average Bonchev–Trinajstić information content (AvgIpc) is 3.00. The predicted molar refractivity (Wildman–Crippen MR) is 167 cm³/mol. The van der Waals surface area contributed by atoms with E-state index in [0.717, 1.165) is 9.87 Å². The van der Waals surface area contributed by atoms with Crippen LogP contribution in [0.15, 0.2) is 114 Å². The highest BCUT2D eigenvalue weighted by molar-refractivity contribution is 7.92. The standard InChI is InChI=1S/C32H31Cl2N3O4S/c1-2-35-32(39)30(21-24-13-6-3-7-14-24)36(22-27-28(33)19-12-20-29(27)34)31(38)23-37(25-15-8-4-9-16-25)42(40,41)26-17-10-5-11-18-26/h3-20,30H,2,21-23H2,1H3,(H,35,39)/t30-/m1/s1. The zero-order chi connectivity index (χ0) is 30.1. The van der Waals surface area contributed by atoms with Gasteiger partial charge in [-0.05, 0) is 48.9 Å². The zero-order valence-corrected chi connectivity index (χ0v) is 25.3. The van der Waals surface area contributed by atoms with Gasteiger partial charge in [-0.3, -0.25) is 13.9 Å². The fraction of sp³-hybridized carbons (Fsp3) is 0.188. The highest BCUT2D eigenvalue weighted by Gasteiger charge is 2.35. The van der Waals surface area contributed by atoms with E-state index < -0.39 is 28.5 Å². The summed E-state index contributed by atoms with van der Waals surface area (Å²) in [7, 11) is -4.15. The first-order valence-electron chi connectivity index (χ1n) is 13.4. The molecular formula is C32H31Cl2N3O4S. The van der Waals surface area contributed by atoms with Crippen LogP contribution in [0.4, 0.5) is 5.69 Å². The lowest BCUT2D eigenvalue weighted by Gasteiger charge is -2.34. The predicted octanol–water partition coefficient (Wildman–Crippen LogP) is 5.96. The third-order valence-electron chi connectivity index (χ3n) is 6.67. The quantitative estimate of drug-likeness (QED) is 0.211. The van der Waals surface area contributed by atoms with E-state index in [2.05, 4.69) is 5.32 Å². The lowest BCUT2D eigenvalue weighted by molar-refractivity contribution is -0.140. The lowest BCUT2D eigenvalue weighted by Crippen LogP contribution is -2.53. The summed E-state index contributed by atoms with van der Waals surface area (Å²) in [5.74, 6) is -0.975. The molecule has 218 valence electrons. The van der Waals surface area contributed by atoms with Crippen LogP contribution in [0.25, 0.3) is 0 Å². The number of hydrogen-bond acceptors (Lipinski definition) is 4. The van der Waals surface area contributed by atoms with Crippen LogP contribution in [-0.4, -0.2) is 44.3 Å². The second-order valence-corrected chi connectivity index (χ2v) is 12.2. The van der Waals surface area contributed by atoms with Gasteiger partial charge in [-0.1, -0.05) is 96.0 Å². The van der Waals surface area contributed by atoms with Gasteiger partial charge in [-0.2, -0.15) is 0 Å². The molecule has 0 radical (unpaired) electrons. The summed E-state index contributed by atoms with van der Waals surface area (Å²) in [6.45, 7) is 1.46. The van der Waals surface area contributed by atoms with Crippen LogP contribution in [0.1, 0.15) is 18.1 Å². The van der Waals surface area contributed by atoms with Crippen molar-refractivity contribution in [3.63, 3.8) is 0 Å². The summed E-state index contributed by atoms with van der Waals surface area (Å²) in [5.41, 5.74) is 1.59. The normalized spacial score (nSPS) is 11.9. The maximum atomic E-state index is 14.3. The Morgan fingerprint density at radius 3 is 1.90 bits per heavy atom. The number of amides is 2. The smallest absolute Gasteiger partial charge is 0.264 e. The first kappa shape index (κ1) is 31.1. The molecule has 1 atom stereocenters. The number of anilines is 1. The SMILES string of the molecule is CCNC(=O)[C@@H](Cc1ccccc1)N(Cc1c(Cl)cccc1Cl)C(=O)CN(c1ccccc1)S(=O)(=O)c1ccccc1. The van der Waals surface area contributed by atoms with E-state index in [1.54, 1.807) is 73.7 Å². The molecule has 4 aromatic rings. The summed E-state index contributed by atoms with van der Waals surface area (Å²) in [6.07, 6.45) is 0.192. The van der Waals surface area contributed by atoms with E-state index >= 15 is 0 Å². The van der Waals surface area contributed by atoms with E-state index in [9.17, 15) is 18.0 Å². The number of para-hydroxylation sites is 1. The van der Waals surface area contributed by atoms with Crippen LogP contribution < -0.4 is 9.62 Å². The van der Waals surface area contributed by atoms with Crippen molar-refractivity contribution >= 4 is 50.7 Å². The molecule has 0 aliphatic rings. The summed E-state index contributed by atoms with van der Waals surface area (Å²) < 4.78 is 28.8. The Balaban J connectivity index is 1.81. The topological polar surface area (TPSA) is 86.8 Å². The van der Waals surface area contributed by atoms with Gasteiger partial charge in [0.2, 0.25) is 11.8 Å². The number of benzene rings is 4. The van der Waals surface area contributed by atoms with Gasteiger partial charge in [-0.15, -0.1) is 0 Å². The minimum Gasteiger partial charge on any atom is -0.355 e. The molecule has 42 heavy (non-hydrogen) atoms. The fourth-order valence-corrected chi connectivity index (χ4v) is 6.49. The molecule has 0 unspecified atom stereocenters. The molecule has 0 heterocycles. The first-order valence-corrected chi connectivity index (χ1v) is 15.6. The molecule has 0 aliphatic carbocycles. The van der Waals surface area contributed by atoms with Crippen molar-refractivity contribution in [2.75, 3.05) is 17.4 Å². The van der Waals surface area contributed by atoms with Crippen molar-refractivity contribution < 1.29 is 18.0 Å². The van der Waals surface area contributed by atoms with Crippen molar-refractivity contribution in [3.8, 4) is 0 Å². The molecule has 7 nitrogen and oxygen atoms in total. The Morgan fingerprint density at radius 2 is 1.33 bits per heavy atom. The Kier molecular flexibility index (Phi) is 10.6. The molecule has 1 N–H and O–H groups in total. The third kappa shape index (κ3) is 7.50. The molecule has 0 aliphatic heterocycles. The number of rotatable bonds is 12. The summed E-state index contributed by atoms with van der Waals surface area (Å²) in [5, 5.41) is 3.48. The summed E-state index contributed by atoms with van der Waals surface area (Å²) in [4.78, 5) is 29.2. The third-order valence-corrected chi connectivity index (χ3v) is 9.16. The van der Waals surface area contributed by atoms with Crippen LogP contribution in [0.5, 0.6) is 0 Å². The fourth-order valence-electron chi connectivity index (χ4n) is 4.54. The van der Waals surface area contributed by atoms with Gasteiger partial charge in [0.05, 0.1) is 10.6 Å². The molecule has 0 bridgehead atoms. The van der Waals surface area contributed by atoms with Crippen molar-refractivity contribution in [3.05, 3.63) is 130 Å². The zero-order valence-electron chi connectivity index (χ0n) is 23.0. The maximum absolute atomic E-state index is 14.3. The number of carbonyl (C=O) groups is 2. The van der Waals surface area contributed by atoms with Crippen LogP contribution in [0.2, 0.25) is 10.0 Å². The van der Waals surface area contributed by atoms with Gasteiger partial charge in [0, 0.05) is 35.1 Å². The largest absolute Gasteiger partial charge is 0.355 e.